The Bertz CT molecular complexity index is 886. The number of hydrogen-bond acceptors (Lipinski definition) is 6. The van der Waals surface area contributed by atoms with Crippen molar-refractivity contribution in [2.75, 3.05) is 11.9 Å². The third-order valence-electron chi connectivity index (χ3n) is 3.17. The summed E-state index contributed by atoms with van der Waals surface area (Å²) in [4.78, 5) is 8.43. The average Bonchev–Trinajstić information content (AvgIpc) is 3.06. The summed E-state index contributed by atoms with van der Waals surface area (Å²) in [5.74, 6) is 1.58. The second kappa shape index (κ2) is 7.30. The maximum atomic E-state index is 8.91. The Morgan fingerprint density at radius 2 is 1.88 bits per heavy atom. The van der Waals surface area contributed by atoms with Gasteiger partial charge in [-0.2, -0.15) is 10.2 Å². The maximum Gasteiger partial charge on any atom is 0.228 e. The molecule has 0 fully saturated rings. The van der Waals surface area contributed by atoms with Crippen LogP contribution in [0, 0.1) is 11.3 Å². The first-order valence-electron chi connectivity index (χ1n) is 7.05. The minimum absolute atomic E-state index is 0.185. The quantitative estimate of drug-likeness (QED) is 0.741. The van der Waals surface area contributed by atoms with Gasteiger partial charge in [-0.1, -0.05) is 28.4 Å². The molecule has 0 aliphatic carbocycles. The molecule has 3 rings (SSSR count). The summed E-state index contributed by atoms with van der Waals surface area (Å²) >= 11 is 11.7. The maximum absolute atomic E-state index is 8.91. The standard InChI is InChI=1S/C16H11Cl2N5O/c17-11-3-1-10(2-4-11)16-22-15(24-23-16)7-8-20-14-6-5-12(18)13(9-19)21-14/h1-6H,7-8H2,(H,20,21). The highest BCUT2D eigenvalue weighted by molar-refractivity contribution is 6.31. The highest BCUT2D eigenvalue weighted by atomic mass is 35.5. The molecule has 0 bridgehead atoms. The van der Waals surface area contributed by atoms with Crippen molar-refractivity contribution in [3.63, 3.8) is 0 Å². The van der Waals surface area contributed by atoms with Crippen molar-refractivity contribution in [2.24, 2.45) is 0 Å². The fourth-order valence-electron chi connectivity index (χ4n) is 1.99. The number of anilines is 1. The molecule has 0 atom stereocenters. The molecule has 1 N–H and O–H groups in total. The zero-order valence-electron chi connectivity index (χ0n) is 12.3. The van der Waals surface area contributed by atoms with Crippen LogP contribution in [-0.2, 0) is 6.42 Å². The van der Waals surface area contributed by atoms with E-state index in [1.165, 1.54) is 0 Å². The third-order valence-corrected chi connectivity index (χ3v) is 3.72. The van der Waals surface area contributed by atoms with Gasteiger partial charge in [-0.25, -0.2) is 4.98 Å². The number of pyridine rings is 1. The first-order chi connectivity index (χ1) is 11.7. The molecule has 120 valence electrons. The molecule has 1 aromatic carbocycles. The molecule has 2 heterocycles. The molecule has 0 saturated carbocycles. The van der Waals surface area contributed by atoms with E-state index in [0.717, 1.165) is 5.56 Å². The lowest BCUT2D eigenvalue weighted by molar-refractivity contribution is 0.381. The molecule has 0 aliphatic rings. The summed E-state index contributed by atoms with van der Waals surface area (Å²) in [5.41, 5.74) is 1.02. The fraction of sp³-hybridized carbons (Fsp3) is 0.125. The summed E-state index contributed by atoms with van der Waals surface area (Å²) in [6, 6.07) is 12.5. The van der Waals surface area contributed by atoms with Gasteiger partial charge in [-0.3, -0.25) is 0 Å². The van der Waals surface area contributed by atoms with Crippen molar-refractivity contribution in [3.8, 4) is 17.5 Å². The van der Waals surface area contributed by atoms with Gasteiger partial charge in [0.25, 0.3) is 0 Å². The van der Waals surface area contributed by atoms with Crippen LogP contribution in [0.1, 0.15) is 11.6 Å². The minimum Gasteiger partial charge on any atom is -0.370 e. The van der Waals surface area contributed by atoms with E-state index < -0.39 is 0 Å². The topological polar surface area (TPSA) is 87.6 Å². The van der Waals surface area contributed by atoms with Gasteiger partial charge in [-0.05, 0) is 36.4 Å². The van der Waals surface area contributed by atoms with Crippen molar-refractivity contribution < 1.29 is 4.52 Å². The normalized spacial score (nSPS) is 10.4. The molecule has 0 unspecified atom stereocenters. The first kappa shape index (κ1) is 16.2. The van der Waals surface area contributed by atoms with Crippen molar-refractivity contribution in [3.05, 3.63) is 58.0 Å². The SMILES string of the molecule is N#Cc1nc(NCCc2nc(-c3ccc(Cl)cc3)no2)ccc1Cl. The van der Waals surface area contributed by atoms with Crippen LogP contribution >= 0.6 is 23.2 Å². The van der Waals surface area contributed by atoms with Gasteiger partial charge in [0.1, 0.15) is 11.9 Å². The molecule has 0 aliphatic heterocycles. The highest BCUT2D eigenvalue weighted by Crippen LogP contribution is 2.19. The van der Waals surface area contributed by atoms with Crippen molar-refractivity contribution >= 4 is 29.0 Å². The molecule has 0 radical (unpaired) electrons. The molecular formula is C16H11Cl2N5O. The van der Waals surface area contributed by atoms with Gasteiger partial charge in [0, 0.05) is 23.6 Å². The predicted octanol–water partition coefficient (Wildman–Crippen LogP) is 3.96. The number of hydrogen-bond donors (Lipinski definition) is 1. The van der Waals surface area contributed by atoms with Gasteiger partial charge in [0.2, 0.25) is 11.7 Å². The Morgan fingerprint density at radius 3 is 2.62 bits per heavy atom. The second-order valence-electron chi connectivity index (χ2n) is 4.83. The zero-order valence-corrected chi connectivity index (χ0v) is 13.8. The van der Waals surface area contributed by atoms with Gasteiger partial charge < -0.3 is 9.84 Å². The Hall–Kier alpha value is -2.62. The Labute approximate surface area is 148 Å². The minimum atomic E-state index is 0.185. The molecule has 0 saturated heterocycles. The van der Waals surface area contributed by atoms with E-state index in [-0.39, 0.29) is 5.69 Å². The molecular weight excluding hydrogens is 349 g/mol. The smallest absolute Gasteiger partial charge is 0.228 e. The number of benzene rings is 1. The van der Waals surface area contributed by atoms with Crippen LogP contribution in [0.3, 0.4) is 0 Å². The number of aromatic nitrogens is 3. The summed E-state index contributed by atoms with van der Waals surface area (Å²) in [6.45, 7) is 0.530. The Balaban J connectivity index is 1.60. The molecule has 0 amide bonds. The largest absolute Gasteiger partial charge is 0.370 e. The predicted molar refractivity (Wildman–Crippen MR) is 90.9 cm³/mol. The van der Waals surface area contributed by atoms with Gasteiger partial charge in [0.05, 0.1) is 5.02 Å². The number of halogens is 2. The third kappa shape index (κ3) is 3.82. The fourth-order valence-corrected chi connectivity index (χ4v) is 2.26. The van der Waals surface area contributed by atoms with Crippen LogP contribution in [-0.4, -0.2) is 21.7 Å². The van der Waals surface area contributed by atoms with E-state index in [1.54, 1.807) is 24.3 Å². The molecule has 0 spiro atoms. The first-order valence-corrected chi connectivity index (χ1v) is 7.80. The van der Waals surface area contributed by atoms with E-state index in [0.29, 0.717) is 40.5 Å². The summed E-state index contributed by atoms with van der Waals surface area (Å²) in [6.07, 6.45) is 0.521. The monoisotopic (exact) mass is 359 g/mol. The molecule has 24 heavy (non-hydrogen) atoms. The van der Waals surface area contributed by atoms with Crippen molar-refractivity contribution in [2.45, 2.75) is 6.42 Å². The van der Waals surface area contributed by atoms with Crippen LogP contribution in [0.5, 0.6) is 0 Å². The van der Waals surface area contributed by atoms with Gasteiger partial charge >= 0.3 is 0 Å². The van der Waals surface area contributed by atoms with E-state index in [4.69, 9.17) is 33.0 Å². The van der Waals surface area contributed by atoms with E-state index in [1.807, 2.05) is 18.2 Å². The second-order valence-corrected chi connectivity index (χ2v) is 5.68. The van der Waals surface area contributed by atoms with Gasteiger partial charge in [-0.15, -0.1) is 0 Å². The van der Waals surface area contributed by atoms with E-state index in [9.17, 15) is 0 Å². The Morgan fingerprint density at radius 1 is 1.08 bits per heavy atom. The molecule has 8 heteroatoms. The lowest BCUT2D eigenvalue weighted by Crippen LogP contribution is -2.07. The van der Waals surface area contributed by atoms with Crippen LogP contribution in [0.15, 0.2) is 40.9 Å². The number of nitrogens with zero attached hydrogens (tertiary/aromatic N) is 4. The van der Waals surface area contributed by atoms with Crippen LogP contribution < -0.4 is 5.32 Å². The zero-order chi connectivity index (χ0) is 16.9. The van der Waals surface area contributed by atoms with Crippen LogP contribution in [0.2, 0.25) is 10.0 Å². The van der Waals surface area contributed by atoms with Gasteiger partial charge in [0.15, 0.2) is 5.69 Å². The van der Waals surface area contributed by atoms with Crippen molar-refractivity contribution in [1.82, 2.24) is 15.1 Å². The molecule has 3 aromatic rings. The van der Waals surface area contributed by atoms with Crippen LogP contribution in [0.25, 0.3) is 11.4 Å². The lowest BCUT2D eigenvalue weighted by atomic mass is 10.2. The molecule has 2 aromatic heterocycles. The van der Waals surface area contributed by atoms with E-state index >= 15 is 0 Å². The number of nitrogens with one attached hydrogen (secondary N) is 1. The van der Waals surface area contributed by atoms with E-state index in [2.05, 4.69) is 20.4 Å². The number of rotatable bonds is 5. The Kier molecular flexibility index (Phi) is 4.94. The highest BCUT2D eigenvalue weighted by Gasteiger charge is 2.09. The number of nitriles is 1. The summed E-state index contributed by atoms with van der Waals surface area (Å²) in [7, 11) is 0. The van der Waals surface area contributed by atoms with Crippen molar-refractivity contribution in [1.29, 1.82) is 5.26 Å². The summed E-state index contributed by atoms with van der Waals surface area (Å²) in [5, 5.41) is 16.9. The molecule has 6 nitrogen and oxygen atoms in total. The lowest BCUT2D eigenvalue weighted by Gasteiger charge is -2.04. The van der Waals surface area contributed by atoms with Crippen LogP contribution in [0.4, 0.5) is 5.82 Å². The summed E-state index contributed by atoms with van der Waals surface area (Å²) < 4.78 is 5.22. The average molecular weight is 360 g/mol.